The molecule has 0 saturated carbocycles. The third kappa shape index (κ3) is 3.55. The topological polar surface area (TPSA) is 51.8 Å². The first-order valence-electron chi connectivity index (χ1n) is 6.00. The first-order chi connectivity index (χ1) is 8.79. The Morgan fingerprint density at radius 1 is 1.17 bits per heavy atom. The summed E-state index contributed by atoms with van der Waals surface area (Å²) in [5.41, 5.74) is 8.04. The van der Waals surface area contributed by atoms with Gasteiger partial charge in [-0.25, -0.2) is 9.97 Å². The van der Waals surface area contributed by atoms with Crippen molar-refractivity contribution in [3.63, 3.8) is 0 Å². The number of aromatic nitrogens is 2. The van der Waals surface area contributed by atoms with Crippen LogP contribution in [0.15, 0.2) is 47.9 Å². The van der Waals surface area contributed by atoms with Crippen molar-refractivity contribution < 1.29 is 0 Å². The minimum absolute atomic E-state index is 0.318. The largest absolute Gasteiger partial charge is 0.330 e. The highest BCUT2D eigenvalue weighted by Gasteiger charge is 2.13. The van der Waals surface area contributed by atoms with Crippen molar-refractivity contribution in [1.29, 1.82) is 0 Å². The van der Waals surface area contributed by atoms with Gasteiger partial charge in [-0.3, -0.25) is 0 Å². The first kappa shape index (κ1) is 13.1. The Morgan fingerprint density at radius 3 is 2.44 bits per heavy atom. The maximum absolute atomic E-state index is 5.69. The molecular weight excluding hydrogens is 242 g/mol. The van der Waals surface area contributed by atoms with Gasteiger partial charge in [-0.2, -0.15) is 0 Å². The van der Waals surface area contributed by atoms with E-state index in [1.807, 2.05) is 25.4 Å². The lowest BCUT2D eigenvalue weighted by molar-refractivity contribution is 0.806. The number of hydrogen-bond donors (Lipinski definition) is 1. The van der Waals surface area contributed by atoms with E-state index in [9.17, 15) is 0 Å². The van der Waals surface area contributed by atoms with Gasteiger partial charge in [0.1, 0.15) is 0 Å². The van der Waals surface area contributed by atoms with Gasteiger partial charge in [0, 0.05) is 17.6 Å². The average molecular weight is 259 g/mol. The summed E-state index contributed by atoms with van der Waals surface area (Å²) in [7, 11) is 0. The maximum atomic E-state index is 5.69. The highest BCUT2D eigenvalue weighted by atomic mass is 32.2. The summed E-state index contributed by atoms with van der Waals surface area (Å²) in [6.07, 6.45) is 4.62. The van der Waals surface area contributed by atoms with Gasteiger partial charge in [-0.05, 0) is 31.0 Å². The van der Waals surface area contributed by atoms with Crippen LogP contribution in [0.2, 0.25) is 0 Å². The Balaban J connectivity index is 2.14. The van der Waals surface area contributed by atoms with Crippen molar-refractivity contribution in [3.05, 3.63) is 53.9 Å². The second kappa shape index (κ2) is 6.52. The lowest BCUT2D eigenvalue weighted by Crippen LogP contribution is -2.05. The SMILES string of the molecule is Cc1cnc(SC(CCN)c2ccccc2)nc1. The van der Waals surface area contributed by atoms with E-state index in [1.54, 1.807) is 11.8 Å². The second-order valence-electron chi connectivity index (χ2n) is 4.14. The van der Waals surface area contributed by atoms with Gasteiger partial charge in [0.15, 0.2) is 5.16 Å². The Bertz CT molecular complexity index is 470. The molecule has 0 aliphatic rings. The summed E-state index contributed by atoms with van der Waals surface area (Å²) < 4.78 is 0. The van der Waals surface area contributed by atoms with Gasteiger partial charge >= 0.3 is 0 Å². The van der Waals surface area contributed by atoms with Crippen LogP contribution in [-0.2, 0) is 0 Å². The Hall–Kier alpha value is -1.39. The summed E-state index contributed by atoms with van der Waals surface area (Å²) in [6, 6.07) is 10.4. The number of benzene rings is 1. The highest BCUT2D eigenvalue weighted by molar-refractivity contribution is 7.99. The lowest BCUT2D eigenvalue weighted by atomic mass is 10.1. The van der Waals surface area contributed by atoms with Crippen molar-refractivity contribution in [1.82, 2.24) is 9.97 Å². The molecule has 0 radical (unpaired) electrons. The normalized spacial score (nSPS) is 12.3. The van der Waals surface area contributed by atoms with Crippen molar-refractivity contribution in [2.45, 2.75) is 23.8 Å². The van der Waals surface area contributed by atoms with E-state index >= 15 is 0 Å². The number of rotatable bonds is 5. The standard InChI is InChI=1S/C14H17N3S/c1-11-9-16-14(17-10-11)18-13(7-8-15)12-5-3-2-4-6-12/h2-6,9-10,13H,7-8,15H2,1H3. The molecule has 0 spiro atoms. The Labute approximate surface area is 112 Å². The first-order valence-corrected chi connectivity index (χ1v) is 6.88. The molecule has 3 nitrogen and oxygen atoms in total. The predicted octanol–water partition coefficient (Wildman–Crippen LogP) is 2.97. The predicted molar refractivity (Wildman–Crippen MR) is 75.5 cm³/mol. The molecule has 94 valence electrons. The number of thioether (sulfide) groups is 1. The minimum atomic E-state index is 0.318. The molecule has 0 amide bonds. The molecule has 0 fully saturated rings. The molecule has 2 N–H and O–H groups in total. The zero-order valence-electron chi connectivity index (χ0n) is 10.4. The Morgan fingerprint density at radius 2 is 1.83 bits per heavy atom. The molecule has 0 aliphatic carbocycles. The van der Waals surface area contributed by atoms with Crippen molar-refractivity contribution in [2.75, 3.05) is 6.54 Å². The monoisotopic (exact) mass is 259 g/mol. The van der Waals surface area contributed by atoms with Crippen molar-refractivity contribution in [3.8, 4) is 0 Å². The molecule has 0 saturated heterocycles. The van der Waals surface area contributed by atoms with Crippen LogP contribution in [0.5, 0.6) is 0 Å². The molecule has 0 aliphatic heterocycles. The molecule has 2 aromatic rings. The van der Waals surface area contributed by atoms with Gasteiger partial charge in [0.25, 0.3) is 0 Å². The highest BCUT2D eigenvalue weighted by Crippen LogP contribution is 2.35. The fourth-order valence-electron chi connectivity index (χ4n) is 1.68. The summed E-state index contributed by atoms with van der Waals surface area (Å²) in [5.74, 6) is 0. The quantitative estimate of drug-likeness (QED) is 0.662. The van der Waals surface area contributed by atoms with Crippen molar-refractivity contribution in [2.24, 2.45) is 5.73 Å². The fourth-order valence-corrected chi connectivity index (χ4v) is 2.71. The summed E-state index contributed by atoms with van der Waals surface area (Å²) in [4.78, 5) is 8.67. The second-order valence-corrected chi connectivity index (χ2v) is 5.31. The van der Waals surface area contributed by atoms with E-state index in [4.69, 9.17) is 5.73 Å². The van der Waals surface area contributed by atoms with E-state index in [-0.39, 0.29) is 0 Å². The molecule has 1 atom stereocenters. The van der Waals surface area contributed by atoms with E-state index in [1.165, 1.54) is 5.56 Å². The average Bonchev–Trinajstić information content (AvgIpc) is 2.42. The molecule has 1 aromatic carbocycles. The third-order valence-electron chi connectivity index (χ3n) is 2.61. The van der Waals surface area contributed by atoms with E-state index < -0.39 is 0 Å². The summed E-state index contributed by atoms with van der Waals surface area (Å²) >= 11 is 1.67. The molecular formula is C14H17N3S. The molecule has 1 heterocycles. The lowest BCUT2D eigenvalue weighted by Gasteiger charge is -2.14. The van der Waals surface area contributed by atoms with Crippen molar-refractivity contribution >= 4 is 11.8 Å². The van der Waals surface area contributed by atoms with E-state index in [0.29, 0.717) is 11.8 Å². The third-order valence-corrected chi connectivity index (χ3v) is 3.82. The Kier molecular flexibility index (Phi) is 4.73. The molecule has 2 rings (SSSR count). The van der Waals surface area contributed by atoms with Crippen LogP contribution in [-0.4, -0.2) is 16.5 Å². The number of hydrogen-bond acceptors (Lipinski definition) is 4. The number of nitrogens with two attached hydrogens (primary N) is 1. The number of nitrogens with zero attached hydrogens (tertiary/aromatic N) is 2. The van der Waals surface area contributed by atoms with Gasteiger partial charge in [0.05, 0.1) is 0 Å². The van der Waals surface area contributed by atoms with Gasteiger partial charge < -0.3 is 5.73 Å². The number of aryl methyl sites for hydroxylation is 1. The van der Waals surface area contributed by atoms with Crippen LogP contribution in [0.4, 0.5) is 0 Å². The van der Waals surface area contributed by atoms with Crippen LogP contribution >= 0.6 is 11.8 Å². The minimum Gasteiger partial charge on any atom is -0.330 e. The van der Waals surface area contributed by atoms with Gasteiger partial charge in [-0.15, -0.1) is 0 Å². The van der Waals surface area contributed by atoms with Crippen LogP contribution < -0.4 is 5.73 Å². The van der Waals surface area contributed by atoms with Crippen LogP contribution in [0.3, 0.4) is 0 Å². The molecule has 1 unspecified atom stereocenters. The molecule has 0 bridgehead atoms. The smallest absolute Gasteiger partial charge is 0.188 e. The summed E-state index contributed by atoms with van der Waals surface area (Å²) in [6.45, 7) is 2.65. The summed E-state index contributed by atoms with van der Waals surface area (Å²) in [5, 5.41) is 1.13. The van der Waals surface area contributed by atoms with E-state index in [0.717, 1.165) is 17.1 Å². The van der Waals surface area contributed by atoms with Gasteiger partial charge in [0.2, 0.25) is 0 Å². The van der Waals surface area contributed by atoms with Gasteiger partial charge in [-0.1, -0.05) is 42.1 Å². The molecule has 1 aromatic heterocycles. The fraction of sp³-hybridized carbons (Fsp3) is 0.286. The van der Waals surface area contributed by atoms with Crippen LogP contribution in [0.1, 0.15) is 22.8 Å². The zero-order valence-corrected chi connectivity index (χ0v) is 11.2. The van der Waals surface area contributed by atoms with E-state index in [2.05, 4.69) is 34.2 Å². The molecule has 18 heavy (non-hydrogen) atoms. The molecule has 4 heteroatoms. The maximum Gasteiger partial charge on any atom is 0.188 e. The van der Waals surface area contributed by atoms with Crippen LogP contribution in [0.25, 0.3) is 0 Å². The van der Waals surface area contributed by atoms with Crippen LogP contribution in [0, 0.1) is 6.92 Å². The zero-order chi connectivity index (χ0) is 12.8.